The Morgan fingerprint density at radius 2 is 2.00 bits per heavy atom. The number of allylic oxidation sites excluding steroid dienone is 2. The average molecular weight is 209 g/mol. The summed E-state index contributed by atoms with van der Waals surface area (Å²) in [5, 5.41) is 9.25. The molecular weight excluding hydrogens is 186 g/mol. The highest BCUT2D eigenvalue weighted by Crippen LogP contribution is 2.34. The molecule has 1 aliphatic carbocycles. The van der Waals surface area contributed by atoms with Gasteiger partial charge in [0.15, 0.2) is 0 Å². The van der Waals surface area contributed by atoms with Gasteiger partial charge in [-0.1, -0.05) is 18.4 Å². The third kappa shape index (κ3) is 3.06. The maximum atomic E-state index is 4.11. The zero-order valence-electron chi connectivity index (χ0n) is 10.2. The summed E-state index contributed by atoms with van der Waals surface area (Å²) in [5.74, 6) is 0.689. The second-order valence-electron chi connectivity index (χ2n) is 4.42. The van der Waals surface area contributed by atoms with Crippen molar-refractivity contribution in [2.45, 2.75) is 39.5 Å². The Bertz CT molecular complexity index is 235. The molecule has 1 aliphatic rings. The zero-order chi connectivity index (χ0) is 11.3. The van der Waals surface area contributed by atoms with Gasteiger partial charge >= 0.3 is 0 Å². The maximum Gasteiger partial charge on any atom is 0.0904 e. The van der Waals surface area contributed by atoms with Crippen LogP contribution in [0.4, 0.5) is 0 Å². The largest absolute Gasteiger partial charge is 0.301 e. The smallest absolute Gasteiger partial charge is 0.0904 e. The summed E-state index contributed by atoms with van der Waals surface area (Å²) >= 11 is 0. The van der Waals surface area contributed by atoms with Crippen molar-refractivity contribution in [3.05, 3.63) is 11.3 Å². The lowest BCUT2D eigenvalue weighted by Gasteiger charge is -2.27. The number of hydrogen-bond acceptors (Lipinski definition) is 3. The fourth-order valence-electron chi connectivity index (χ4n) is 2.44. The van der Waals surface area contributed by atoms with Crippen molar-refractivity contribution in [1.29, 1.82) is 0 Å². The molecule has 1 N–H and O–H groups in total. The first-order chi connectivity index (χ1) is 7.20. The molecular formula is C12H23N3. The lowest BCUT2D eigenvalue weighted by atomic mass is 10.00. The first-order valence-corrected chi connectivity index (χ1v) is 5.76. The quantitative estimate of drug-likeness (QED) is 0.428. The van der Waals surface area contributed by atoms with E-state index in [0.29, 0.717) is 5.92 Å². The summed E-state index contributed by atoms with van der Waals surface area (Å²) in [6.45, 7) is 8.74. The molecule has 15 heavy (non-hydrogen) atoms. The fraction of sp³-hybridized carbons (Fsp3) is 0.750. The van der Waals surface area contributed by atoms with Gasteiger partial charge in [-0.05, 0) is 33.7 Å². The van der Waals surface area contributed by atoms with Gasteiger partial charge in [-0.3, -0.25) is 5.01 Å². The van der Waals surface area contributed by atoms with Crippen LogP contribution in [0, 0.1) is 5.92 Å². The highest BCUT2D eigenvalue weighted by atomic mass is 15.5. The molecule has 1 rings (SSSR count). The van der Waals surface area contributed by atoms with Gasteiger partial charge < -0.3 is 5.32 Å². The van der Waals surface area contributed by atoms with Gasteiger partial charge in [-0.25, -0.2) is 0 Å². The van der Waals surface area contributed by atoms with E-state index in [0.717, 1.165) is 6.67 Å². The molecule has 1 fully saturated rings. The molecule has 0 unspecified atom stereocenters. The maximum absolute atomic E-state index is 4.11. The van der Waals surface area contributed by atoms with E-state index in [-0.39, 0.29) is 0 Å². The SMILES string of the molecule is C=NN(CNC)C(=C(C)C)C1CCCC1. The van der Waals surface area contributed by atoms with Gasteiger partial charge in [-0.15, -0.1) is 0 Å². The molecule has 86 valence electrons. The molecule has 0 aromatic heterocycles. The van der Waals surface area contributed by atoms with Gasteiger partial charge in [0, 0.05) is 18.3 Å². The van der Waals surface area contributed by atoms with E-state index in [2.05, 4.69) is 31.0 Å². The number of hydrazone groups is 1. The number of nitrogens with one attached hydrogen (secondary N) is 1. The number of nitrogens with zero attached hydrogens (tertiary/aromatic N) is 2. The molecule has 0 aromatic rings. The summed E-state index contributed by atoms with van der Waals surface area (Å²) in [6, 6.07) is 0. The van der Waals surface area contributed by atoms with Crippen LogP contribution in [0.25, 0.3) is 0 Å². The Balaban J connectivity index is 2.80. The summed E-state index contributed by atoms with van der Waals surface area (Å²) in [4.78, 5) is 0. The zero-order valence-corrected chi connectivity index (χ0v) is 10.2. The van der Waals surface area contributed by atoms with Crippen LogP contribution < -0.4 is 5.32 Å². The molecule has 0 aromatic carbocycles. The predicted octanol–water partition coefficient (Wildman–Crippen LogP) is 2.57. The third-order valence-corrected chi connectivity index (χ3v) is 3.01. The molecule has 0 saturated heterocycles. The monoisotopic (exact) mass is 209 g/mol. The van der Waals surface area contributed by atoms with Crippen LogP contribution in [0.2, 0.25) is 0 Å². The van der Waals surface area contributed by atoms with Gasteiger partial charge in [0.25, 0.3) is 0 Å². The number of hydrogen-bond donors (Lipinski definition) is 1. The lowest BCUT2D eigenvalue weighted by molar-refractivity contribution is 0.299. The molecule has 3 nitrogen and oxygen atoms in total. The molecule has 1 saturated carbocycles. The minimum Gasteiger partial charge on any atom is -0.301 e. The van der Waals surface area contributed by atoms with E-state index in [1.807, 2.05) is 12.1 Å². The first kappa shape index (κ1) is 12.2. The van der Waals surface area contributed by atoms with Crippen molar-refractivity contribution in [2.24, 2.45) is 11.0 Å². The second-order valence-corrected chi connectivity index (χ2v) is 4.42. The van der Waals surface area contributed by atoms with E-state index in [1.54, 1.807) is 0 Å². The van der Waals surface area contributed by atoms with Gasteiger partial charge in [0.2, 0.25) is 0 Å². The van der Waals surface area contributed by atoms with Crippen LogP contribution in [0.15, 0.2) is 16.4 Å². The molecule has 3 heteroatoms. The van der Waals surface area contributed by atoms with E-state index >= 15 is 0 Å². The van der Waals surface area contributed by atoms with Crippen LogP contribution in [-0.4, -0.2) is 25.4 Å². The summed E-state index contributed by atoms with van der Waals surface area (Å²) < 4.78 is 0. The summed E-state index contributed by atoms with van der Waals surface area (Å²) in [6.07, 6.45) is 5.31. The normalized spacial score (nSPS) is 16.5. The van der Waals surface area contributed by atoms with Crippen LogP contribution in [0.1, 0.15) is 39.5 Å². The Kier molecular flexibility index (Phi) is 4.82. The van der Waals surface area contributed by atoms with Gasteiger partial charge in [0.1, 0.15) is 0 Å². The highest BCUT2D eigenvalue weighted by molar-refractivity contribution is 5.24. The van der Waals surface area contributed by atoms with Crippen LogP contribution >= 0.6 is 0 Å². The average Bonchev–Trinajstić information content (AvgIpc) is 2.69. The molecule has 0 heterocycles. The topological polar surface area (TPSA) is 27.6 Å². The van der Waals surface area contributed by atoms with E-state index < -0.39 is 0 Å². The fourth-order valence-corrected chi connectivity index (χ4v) is 2.44. The minimum absolute atomic E-state index is 0.689. The Morgan fingerprint density at radius 1 is 1.40 bits per heavy atom. The molecule has 0 spiro atoms. The second kappa shape index (κ2) is 5.91. The van der Waals surface area contributed by atoms with Crippen molar-refractivity contribution in [3.63, 3.8) is 0 Å². The first-order valence-electron chi connectivity index (χ1n) is 5.76. The van der Waals surface area contributed by atoms with Gasteiger partial charge in [-0.2, -0.15) is 5.10 Å². The molecule has 0 bridgehead atoms. The van der Waals surface area contributed by atoms with Crippen LogP contribution in [-0.2, 0) is 0 Å². The standard InChI is InChI=1S/C12H23N3/c1-10(2)12(11-7-5-6-8-11)15(14-4)9-13-3/h11,13H,4-9H2,1-3H3. The Labute approximate surface area is 93.2 Å². The van der Waals surface area contributed by atoms with Crippen LogP contribution in [0.3, 0.4) is 0 Å². The van der Waals surface area contributed by atoms with E-state index in [1.165, 1.54) is 37.0 Å². The van der Waals surface area contributed by atoms with Crippen molar-refractivity contribution in [1.82, 2.24) is 10.3 Å². The predicted molar refractivity (Wildman–Crippen MR) is 65.6 cm³/mol. The molecule has 0 radical (unpaired) electrons. The van der Waals surface area contributed by atoms with Crippen molar-refractivity contribution >= 4 is 6.72 Å². The Hall–Kier alpha value is -0.830. The van der Waals surface area contributed by atoms with E-state index in [9.17, 15) is 0 Å². The van der Waals surface area contributed by atoms with Crippen LogP contribution in [0.5, 0.6) is 0 Å². The third-order valence-electron chi connectivity index (χ3n) is 3.01. The molecule has 0 amide bonds. The van der Waals surface area contributed by atoms with Gasteiger partial charge in [0.05, 0.1) is 6.67 Å². The lowest BCUT2D eigenvalue weighted by Crippen LogP contribution is -2.30. The van der Waals surface area contributed by atoms with Crippen molar-refractivity contribution < 1.29 is 0 Å². The minimum atomic E-state index is 0.689. The molecule has 0 atom stereocenters. The van der Waals surface area contributed by atoms with Crippen molar-refractivity contribution in [2.75, 3.05) is 13.7 Å². The number of rotatable bonds is 5. The summed E-state index contributed by atoms with van der Waals surface area (Å²) in [7, 11) is 1.94. The highest BCUT2D eigenvalue weighted by Gasteiger charge is 2.24. The molecule has 0 aliphatic heterocycles. The van der Waals surface area contributed by atoms with E-state index in [4.69, 9.17) is 0 Å². The van der Waals surface area contributed by atoms with Crippen molar-refractivity contribution in [3.8, 4) is 0 Å². The Morgan fingerprint density at radius 3 is 2.40 bits per heavy atom. The summed E-state index contributed by atoms with van der Waals surface area (Å²) in [5.41, 5.74) is 2.74.